The molecule has 2 aliphatic heterocycles. The van der Waals surface area contributed by atoms with Gasteiger partial charge in [0.15, 0.2) is 0 Å². The van der Waals surface area contributed by atoms with Gasteiger partial charge in [0.2, 0.25) is 21.8 Å². The Kier molecular flexibility index (Phi) is 6.40. The number of carbonyl (C=O) groups is 2. The van der Waals surface area contributed by atoms with Crippen molar-refractivity contribution in [2.24, 2.45) is 0 Å². The zero-order valence-electron chi connectivity index (χ0n) is 18.6. The van der Waals surface area contributed by atoms with Crippen LogP contribution in [0.1, 0.15) is 26.7 Å². The average Bonchev–Trinajstić information content (AvgIpc) is 3.29. The summed E-state index contributed by atoms with van der Waals surface area (Å²) in [5.41, 5.74) is 1.55. The third-order valence-corrected chi connectivity index (χ3v) is 8.17. The first-order valence-corrected chi connectivity index (χ1v) is 12.5. The van der Waals surface area contributed by atoms with E-state index >= 15 is 0 Å². The molecule has 2 heterocycles. The molecule has 4 rings (SSSR count). The lowest BCUT2D eigenvalue weighted by molar-refractivity contribution is -0.122. The summed E-state index contributed by atoms with van der Waals surface area (Å²) in [4.78, 5) is 29.5. The van der Waals surface area contributed by atoms with E-state index in [-0.39, 0.29) is 23.4 Å². The van der Waals surface area contributed by atoms with Gasteiger partial charge in [-0.1, -0.05) is 13.8 Å². The van der Waals surface area contributed by atoms with Gasteiger partial charge in [0.1, 0.15) is 18.4 Å². The molecule has 2 aromatic carbocycles. The standard InChI is InChI=1S/C23H27FN4O4S/c1-3-26(4-2)33(31,32)18-11-12-19-21(14-18)28(23(30)20-6-5-13-27(19)20)15-22(29)25-17-9-7-16(24)8-10-17/h7-12,14,20H,3-6,13,15H2,1-2H3,(H,25,29). The van der Waals surface area contributed by atoms with E-state index in [0.717, 1.165) is 12.1 Å². The van der Waals surface area contributed by atoms with Crippen molar-refractivity contribution in [2.75, 3.05) is 41.3 Å². The van der Waals surface area contributed by atoms with E-state index < -0.39 is 21.7 Å². The molecule has 10 heteroatoms. The van der Waals surface area contributed by atoms with Crippen LogP contribution < -0.4 is 15.1 Å². The maximum Gasteiger partial charge on any atom is 0.250 e. The zero-order chi connectivity index (χ0) is 23.8. The number of nitrogens with zero attached hydrogens (tertiary/aromatic N) is 3. The molecule has 176 valence electrons. The van der Waals surface area contributed by atoms with E-state index in [2.05, 4.69) is 5.32 Å². The van der Waals surface area contributed by atoms with Gasteiger partial charge in [0.05, 0.1) is 16.3 Å². The number of benzene rings is 2. The number of hydrogen-bond acceptors (Lipinski definition) is 5. The minimum atomic E-state index is -3.74. The fourth-order valence-corrected chi connectivity index (χ4v) is 5.96. The lowest BCUT2D eigenvalue weighted by Crippen LogP contribution is -2.52. The maximum absolute atomic E-state index is 13.3. The molecule has 2 aliphatic rings. The number of sulfonamides is 1. The molecule has 1 atom stereocenters. The zero-order valence-corrected chi connectivity index (χ0v) is 19.4. The van der Waals surface area contributed by atoms with Gasteiger partial charge in [-0.05, 0) is 55.3 Å². The summed E-state index contributed by atoms with van der Waals surface area (Å²) >= 11 is 0. The topological polar surface area (TPSA) is 90.0 Å². The first-order valence-electron chi connectivity index (χ1n) is 11.0. The summed E-state index contributed by atoms with van der Waals surface area (Å²) in [6, 6.07) is 9.74. The minimum absolute atomic E-state index is 0.0827. The highest BCUT2D eigenvalue weighted by Gasteiger charge is 2.42. The maximum atomic E-state index is 13.3. The molecule has 1 unspecified atom stereocenters. The lowest BCUT2D eigenvalue weighted by Gasteiger charge is -2.39. The number of halogens is 1. The Morgan fingerprint density at radius 1 is 1.12 bits per heavy atom. The van der Waals surface area contributed by atoms with Crippen LogP contribution in [0.5, 0.6) is 0 Å². The summed E-state index contributed by atoms with van der Waals surface area (Å²) in [6.07, 6.45) is 1.51. The Morgan fingerprint density at radius 2 is 1.82 bits per heavy atom. The van der Waals surface area contributed by atoms with Gasteiger partial charge in [-0.15, -0.1) is 0 Å². The third kappa shape index (κ3) is 4.32. The second-order valence-corrected chi connectivity index (χ2v) is 10.0. The first-order chi connectivity index (χ1) is 15.8. The van der Waals surface area contributed by atoms with Crippen molar-refractivity contribution >= 4 is 38.9 Å². The van der Waals surface area contributed by atoms with E-state index in [0.29, 0.717) is 37.4 Å². The summed E-state index contributed by atoms with van der Waals surface area (Å²) in [7, 11) is -3.74. The molecule has 1 N–H and O–H groups in total. The van der Waals surface area contributed by atoms with Gasteiger partial charge < -0.3 is 10.2 Å². The predicted octanol–water partition coefficient (Wildman–Crippen LogP) is 2.81. The number of rotatable bonds is 7. The van der Waals surface area contributed by atoms with E-state index in [1.165, 1.54) is 39.5 Å². The number of fused-ring (bicyclic) bond motifs is 3. The summed E-state index contributed by atoms with van der Waals surface area (Å²) in [5.74, 6) is -1.10. The van der Waals surface area contributed by atoms with Gasteiger partial charge >= 0.3 is 0 Å². The first kappa shape index (κ1) is 23.2. The SMILES string of the molecule is CCN(CC)S(=O)(=O)c1ccc2c(c1)N(CC(=O)Nc1ccc(F)cc1)C(=O)C1CCCN21. The van der Waals surface area contributed by atoms with E-state index in [1.54, 1.807) is 26.0 Å². The lowest BCUT2D eigenvalue weighted by atomic mass is 10.1. The molecule has 0 radical (unpaired) electrons. The highest BCUT2D eigenvalue weighted by atomic mass is 32.2. The fraction of sp³-hybridized carbons (Fsp3) is 0.391. The number of anilines is 3. The Morgan fingerprint density at radius 3 is 2.48 bits per heavy atom. The molecule has 1 saturated heterocycles. The Hall–Kier alpha value is -2.98. The molecular weight excluding hydrogens is 447 g/mol. The summed E-state index contributed by atoms with van der Waals surface area (Å²) in [6.45, 7) is 4.61. The molecular formula is C23H27FN4O4S. The van der Waals surface area contributed by atoms with Crippen molar-refractivity contribution in [2.45, 2.75) is 37.6 Å². The summed E-state index contributed by atoms with van der Waals surface area (Å²) < 4.78 is 40.7. The van der Waals surface area contributed by atoms with Crippen molar-refractivity contribution in [3.8, 4) is 0 Å². The largest absolute Gasteiger partial charge is 0.358 e. The number of amides is 2. The van der Waals surface area contributed by atoms with Crippen LogP contribution in [-0.4, -0.2) is 56.8 Å². The number of nitrogens with one attached hydrogen (secondary N) is 1. The Labute approximate surface area is 193 Å². The molecule has 0 spiro atoms. The van der Waals surface area contributed by atoms with Crippen molar-refractivity contribution in [3.05, 3.63) is 48.3 Å². The van der Waals surface area contributed by atoms with Gasteiger partial charge in [-0.2, -0.15) is 4.31 Å². The van der Waals surface area contributed by atoms with Gasteiger partial charge in [-0.25, -0.2) is 12.8 Å². The number of carbonyl (C=O) groups excluding carboxylic acids is 2. The molecule has 0 saturated carbocycles. The molecule has 2 amide bonds. The highest BCUT2D eigenvalue weighted by molar-refractivity contribution is 7.89. The number of hydrogen-bond donors (Lipinski definition) is 1. The molecule has 0 aliphatic carbocycles. The Balaban J connectivity index is 1.69. The van der Waals surface area contributed by atoms with Crippen LogP contribution >= 0.6 is 0 Å². The third-order valence-electron chi connectivity index (χ3n) is 6.12. The van der Waals surface area contributed by atoms with Crippen molar-refractivity contribution in [1.82, 2.24) is 4.31 Å². The monoisotopic (exact) mass is 474 g/mol. The smallest absolute Gasteiger partial charge is 0.250 e. The molecule has 8 nitrogen and oxygen atoms in total. The molecule has 33 heavy (non-hydrogen) atoms. The normalized spacial score (nSPS) is 17.8. The average molecular weight is 475 g/mol. The van der Waals surface area contributed by atoms with Gasteiger partial charge in [0.25, 0.3) is 0 Å². The quantitative estimate of drug-likeness (QED) is 0.667. The molecule has 2 aromatic rings. The van der Waals surface area contributed by atoms with Crippen LogP contribution in [0.2, 0.25) is 0 Å². The van der Waals surface area contributed by atoms with Crippen LogP contribution in [-0.2, 0) is 19.6 Å². The minimum Gasteiger partial charge on any atom is -0.358 e. The highest BCUT2D eigenvalue weighted by Crippen LogP contribution is 2.41. The fourth-order valence-electron chi connectivity index (χ4n) is 4.49. The van der Waals surface area contributed by atoms with Crippen molar-refractivity contribution < 1.29 is 22.4 Å². The Bertz CT molecular complexity index is 1170. The van der Waals surface area contributed by atoms with Gasteiger partial charge in [0, 0.05) is 25.3 Å². The summed E-state index contributed by atoms with van der Waals surface area (Å²) in [5, 5.41) is 2.67. The van der Waals surface area contributed by atoms with Crippen LogP contribution in [0.15, 0.2) is 47.4 Å². The van der Waals surface area contributed by atoms with E-state index in [1.807, 2.05) is 4.90 Å². The van der Waals surface area contributed by atoms with Crippen LogP contribution in [0.25, 0.3) is 0 Å². The van der Waals surface area contributed by atoms with Gasteiger partial charge in [-0.3, -0.25) is 14.5 Å². The second kappa shape index (κ2) is 9.11. The second-order valence-electron chi connectivity index (χ2n) is 8.07. The van der Waals surface area contributed by atoms with E-state index in [4.69, 9.17) is 0 Å². The van der Waals surface area contributed by atoms with Crippen LogP contribution in [0.3, 0.4) is 0 Å². The van der Waals surface area contributed by atoms with Crippen LogP contribution in [0.4, 0.5) is 21.5 Å². The predicted molar refractivity (Wildman–Crippen MR) is 124 cm³/mol. The van der Waals surface area contributed by atoms with Crippen molar-refractivity contribution in [1.29, 1.82) is 0 Å². The molecule has 0 bridgehead atoms. The molecule has 1 fully saturated rings. The van der Waals surface area contributed by atoms with Crippen LogP contribution in [0, 0.1) is 5.82 Å². The van der Waals surface area contributed by atoms with Crippen molar-refractivity contribution in [3.63, 3.8) is 0 Å². The van der Waals surface area contributed by atoms with E-state index in [9.17, 15) is 22.4 Å². The molecule has 0 aromatic heterocycles.